The average Bonchev–Trinajstić information content (AvgIpc) is 4.43. The maximum atomic E-state index is 14.1. The summed E-state index contributed by atoms with van der Waals surface area (Å²) in [6, 6.07) is 73.6. The van der Waals surface area contributed by atoms with Gasteiger partial charge in [0.25, 0.3) is 0 Å². The Hall–Kier alpha value is -7.16. The molecule has 2 aromatic heterocycles. The van der Waals surface area contributed by atoms with Crippen LogP contribution in [0.4, 0.5) is 34.1 Å². The van der Waals surface area contributed by atoms with Crippen molar-refractivity contribution in [3.05, 3.63) is 223 Å². The van der Waals surface area contributed by atoms with Crippen LogP contribution < -0.4 is 9.80 Å². The molecule has 10 aromatic rings. The zero-order valence-corrected chi connectivity index (χ0v) is 49.9. The summed E-state index contributed by atoms with van der Waals surface area (Å²) in [5.74, 6) is -1.42. The highest BCUT2D eigenvalue weighted by Crippen LogP contribution is 2.50. The van der Waals surface area contributed by atoms with Crippen LogP contribution in [-0.4, -0.2) is 50.2 Å². The molecule has 0 unspecified atom stereocenters. The second kappa shape index (κ2) is 24.7. The van der Waals surface area contributed by atoms with Crippen molar-refractivity contribution >= 4 is 121 Å². The zero-order valence-electron chi connectivity index (χ0n) is 45.0. The molecule has 0 saturated carbocycles. The molecule has 398 valence electrons. The number of rotatable bonds is 18. The molecule has 0 bridgehead atoms. The van der Waals surface area contributed by atoms with Crippen molar-refractivity contribution in [2.45, 2.75) is 33.4 Å². The van der Waals surface area contributed by atoms with Crippen molar-refractivity contribution in [1.29, 1.82) is 0 Å². The van der Waals surface area contributed by atoms with Gasteiger partial charge in [0.15, 0.2) is 5.57 Å². The lowest BCUT2D eigenvalue weighted by atomic mass is 9.95. The van der Waals surface area contributed by atoms with E-state index in [1.165, 1.54) is 19.6 Å². The molecule has 0 saturated heterocycles. The lowest BCUT2D eigenvalue weighted by Gasteiger charge is -2.26. The average molecular weight is 1160 g/mol. The van der Waals surface area contributed by atoms with E-state index in [0.717, 1.165) is 98.1 Å². The fourth-order valence-electron chi connectivity index (χ4n) is 10.1. The minimum Gasteiger partial charge on any atom is -0.462 e. The third-order valence-electron chi connectivity index (χ3n) is 14.0. The van der Waals surface area contributed by atoms with E-state index in [9.17, 15) is 9.59 Å². The predicted octanol–water partition coefficient (Wildman–Crippen LogP) is 20.2. The number of thiophene rings is 2. The van der Waals surface area contributed by atoms with Gasteiger partial charge in [-0.1, -0.05) is 48.5 Å². The molecule has 12 heteroatoms. The molecular weight excluding hydrogens is 1100 g/mol. The van der Waals surface area contributed by atoms with Crippen LogP contribution in [0.25, 0.3) is 58.5 Å². The Kier molecular flexibility index (Phi) is 16.9. The number of carbonyl (C=O) groups is 2. The molecule has 0 aliphatic heterocycles. The van der Waals surface area contributed by atoms with Crippen LogP contribution in [0.3, 0.4) is 0 Å². The zero-order chi connectivity index (χ0) is 55.3. The van der Waals surface area contributed by atoms with Gasteiger partial charge in [-0.25, -0.2) is 9.59 Å². The fraction of sp³-hybridized carbons (Fsp3) is 0.118. The third-order valence-corrected chi connectivity index (χ3v) is 19.3. The smallest absolute Gasteiger partial charge is 0.346 e. The molecule has 8 aromatic carbocycles. The van der Waals surface area contributed by atoms with Crippen molar-refractivity contribution in [1.82, 2.24) is 0 Å². The number of thioether (sulfide) groups is 4. The van der Waals surface area contributed by atoms with Crippen molar-refractivity contribution in [3.8, 4) is 52.9 Å². The van der Waals surface area contributed by atoms with Crippen molar-refractivity contribution in [2.24, 2.45) is 0 Å². The number of hydrogen-bond donors (Lipinski definition) is 0. The molecule has 0 amide bonds. The van der Waals surface area contributed by atoms with Gasteiger partial charge in [0.05, 0.1) is 13.2 Å². The van der Waals surface area contributed by atoms with E-state index in [2.05, 4.69) is 241 Å². The monoisotopic (exact) mass is 1160 g/mol. The summed E-state index contributed by atoms with van der Waals surface area (Å²) in [6.45, 7) is 3.71. The number of esters is 2. The Labute approximate surface area is 493 Å². The molecule has 0 radical (unpaired) electrons. The first-order valence-electron chi connectivity index (χ1n) is 26.1. The van der Waals surface area contributed by atoms with Gasteiger partial charge < -0.3 is 19.3 Å². The number of benzene rings is 8. The summed E-state index contributed by atoms with van der Waals surface area (Å²) in [4.78, 5) is 42.0. The lowest BCUT2D eigenvalue weighted by Crippen LogP contribution is -2.20. The molecule has 6 nitrogen and oxygen atoms in total. The first-order chi connectivity index (χ1) is 39.2. The summed E-state index contributed by atoms with van der Waals surface area (Å²) in [5, 5.41) is 0. The van der Waals surface area contributed by atoms with Crippen LogP contribution in [-0.2, 0) is 19.1 Å². The Morgan fingerprint density at radius 2 is 0.613 bits per heavy atom. The van der Waals surface area contributed by atoms with Gasteiger partial charge in [-0.2, -0.15) is 0 Å². The van der Waals surface area contributed by atoms with E-state index in [1.807, 2.05) is 0 Å². The van der Waals surface area contributed by atoms with Gasteiger partial charge >= 0.3 is 11.9 Å². The molecule has 2 heterocycles. The van der Waals surface area contributed by atoms with Crippen LogP contribution in [0.15, 0.2) is 231 Å². The summed E-state index contributed by atoms with van der Waals surface area (Å²) in [7, 11) is 0. The molecule has 1 aliphatic carbocycles. The second-order valence-electron chi connectivity index (χ2n) is 18.6. The third kappa shape index (κ3) is 11.3. The Morgan fingerprint density at radius 1 is 0.350 bits per heavy atom. The highest BCUT2D eigenvalue weighted by Gasteiger charge is 2.35. The highest BCUT2D eigenvalue weighted by molar-refractivity contribution is 7.99. The Balaban J connectivity index is 0.906. The number of nitrogens with zero attached hydrogens (tertiary/aromatic N) is 2. The molecule has 0 spiro atoms. The molecule has 0 atom stereocenters. The molecular formula is C68H56N2O4S6. The van der Waals surface area contributed by atoms with E-state index < -0.39 is 11.9 Å². The fourth-order valence-corrected chi connectivity index (χ4v) is 13.7. The quantitative estimate of drug-likeness (QED) is 0.0273. The van der Waals surface area contributed by atoms with Crippen LogP contribution in [0.5, 0.6) is 0 Å². The van der Waals surface area contributed by atoms with E-state index in [4.69, 9.17) is 9.47 Å². The van der Waals surface area contributed by atoms with Gasteiger partial charge in [-0.05, 0) is 241 Å². The number of ether oxygens (including phenoxy) is 2. The summed E-state index contributed by atoms with van der Waals surface area (Å²) in [6.07, 6.45) is 8.39. The minimum absolute atomic E-state index is 0.106. The van der Waals surface area contributed by atoms with Gasteiger partial charge in [0, 0.05) is 78.8 Å². The van der Waals surface area contributed by atoms with Crippen LogP contribution >= 0.6 is 69.7 Å². The first-order valence-corrected chi connectivity index (χ1v) is 32.7. The molecule has 0 fully saturated rings. The van der Waals surface area contributed by atoms with E-state index in [0.29, 0.717) is 5.57 Å². The largest absolute Gasteiger partial charge is 0.462 e. The first kappa shape index (κ1) is 54.8. The van der Waals surface area contributed by atoms with E-state index >= 15 is 0 Å². The van der Waals surface area contributed by atoms with Crippen LogP contribution in [0.2, 0.25) is 0 Å². The van der Waals surface area contributed by atoms with Gasteiger partial charge in [-0.3, -0.25) is 0 Å². The highest BCUT2D eigenvalue weighted by atomic mass is 32.2. The maximum Gasteiger partial charge on any atom is 0.346 e. The number of hydrogen-bond acceptors (Lipinski definition) is 12. The standard InChI is InChI=1S/C68H56N2O4S6/c1-7-73-67(71)66(68(72)74-8-2)65-59-41-45(63-39-37-61(79-63)43-9-15-47(16-10-43)69(49-19-27-53(75-3)28-20-49)50-21-29-54(76-4)30-22-50)13-35-57(59)58-36-14-46(42-60(58)65)64-40-38-62(80-64)44-11-17-48(18-12-44)70(51-23-31-55(77-5)32-24-51)52-25-33-56(78-6)34-26-52/h9-42H,7-8H2,1-6H3. The Bertz CT molecular complexity index is 3520. The SMILES string of the molecule is CCOC(=O)C(C(=O)OCC)=C1c2cc(-c3ccc(-c4ccc(N(c5ccc(SC)cc5)c5ccc(SC)cc5)cc4)s3)ccc2-c2ccc(-c3ccc(-c4ccc(N(c5ccc(SC)cc5)c5ccc(SC)cc5)cc4)s3)cc21. The van der Waals surface area contributed by atoms with E-state index in [1.54, 1.807) is 83.6 Å². The van der Waals surface area contributed by atoms with Crippen LogP contribution in [0.1, 0.15) is 25.0 Å². The lowest BCUT2D eigenvalue weighted by molar-refractivity contribution is -0.146. The number of carbonyl (C=O) groups excluding carboxylic acids is 2. The topological polar surface area (TPSA) is 59.1 Å². The Morgan fingerprint density at radius 3 is 0.887 bits per heavy atom. The molecule has 11 rings (SSSR count). The second-order valence-corrected chi connectivity index (χ2v) is 24.3. The van der Waals surface area contributed by atoms with Gasteiger partial charge in [0.1, 0.15) is 0 Å². The number of fused-ring (bicyclic) bond motifs is 3. The molecule has 80 heavy (non-hydrogen) atoms. The molecule has 1 aliphatic rings. The molecule has 0 N–H and O–H groups in total. The van der Waals surface area contributed by atoms with Gasteiger partial charge in [0.2, 0.25) is 0 Å². The summed E-state index contributed by atoms with van der Waals surface area (Å²) < 4.78 is 11.3. The van der Waals surface area contributed by atoms with Crippen molar-refractivity contribution in [3.63, 3.8) is 0 Å². The van der Waals surface area contributed by atoms with Crippen molar-refractivity contribution < 1.29 is 19.1 Å². The van der Waals surface area contributed by atoms with Gasteiger partial charge in [-0.15, -0.1) is 69.7 Å². The maximum absolute atomic E-state index is 14.1. The minimum atomic E-state index is -0.709. The predicted molar refractivity (Wildman–Crippen MR) is 345 cm³/mol. The van der Waals surface area contributed by atoms with Crippen LogP contribution in [0, 0.1) is 0 Å². The van der Waals surface area contributed by atoms with E-state index in [-0.39, 0.29) is 18.8 Å². The normalized spacial score (nSPS) is 11.5. The summed E-state index contributed by atoms with van der Waals surface area (Å²) in [5.41, 5.74) is 14.5. The summed E-state index contributed by atoms with van der Waals surface area (Å²) >= 11 is 10.3. The number of anilines is 6. The van der Waals surface area contributed by atoms with Crippen molar-refractivity contribution in [2.75, 3.05) is 48.0 Å².